The molecule has 6 nitrogen and oxygen atoms in total. The highest BCUT2D eigenvalue weighted by Gasteiger charge is 2.19. The number of benzene rings is 2. The Morgan fingerprint density at radius 3 is 2.13 bits per heavy atom. The summed E-state index contributed by atoms with van der Waals surface area (Å²) in [4.78, 5) is 34.6. The molecule has 0 unspecified atom stereocenters. The summed E-state index contributed by atoms with van der Waals surface area (Å²) in [5.41, 5.74) is -0.125. The third kappa shape index (κ3) is 3.74. The molecule has 118 valence electrons. The second-order valence-corrected chi connectivity index (χ2v) is 4.81. The molecule has 2 aromatic carbocycles. The fourth-order valence-corrected chi connectivity index (χ4v) is 1.92. The molecule has 1 N–H and O–H groups in total. The van der Waals surface area contributed by atoms with Gasteiger partial charge in [0.05, 0.1) is 11.1 Å². The molecule has 0 fully saturated rings. The molecule has 0 aliphatic carbocycles. The first-order chi connectivity index (χ1) is 10.9. The quantitative estimate of drug-likeness (QED) is 0.518. The third-order valence-electron chi connectivity index (χ3n) is 3.06. The van der Waals surface area contributed by atoms with E-state index in [1.165, 1.54) is 19.1 Å². The largest absolute Gasteiger partial charge is 0.478 e. The van der Waals surface area contributed by atoms with E-state index in [2.05, 4.69) is 11.3 Å². The topological polar surface area (TPSA) is 89.9 Å². The van der Waals surface area contributed by atoms with Gasteiger partial charge in [0.2, 0.25) is 6.79 Å². The lowest BCUT2D eigenvalue weighted by Crippen LogP contribution is -2.16. The van der Waals surface area contributed by atoms with Crippen LogP contribution >= 0.6 is 0 Å². The lowest BCUT2D eigenvalue weighted by Gasteiger charge is -2.09. The van der Waals surface area contributed by atoms with E-state index in [0.717, 1.165) is 0 Å². The third-order valence-corrected chi connectivity index (χ3v) is 3.06. The van der Waals surface area contributed by atoms with Gasteiger partial charge in [-0.15, -0.1) is 0 Å². The van der Waals surface area contributed by atoms with E-state index < -0.39 is 24.7 Å². The summed E-state index contributed by atoms with van der Waals surface area (Å²) in [5, 5.41) is 10.6. The van der Waals surface area contributed by atoms with Crippen LogP contribution in [0.15, 0.2) is 48.6 Å². The maximum atomic E-state index is 12.1. The molecule has 0 bridgehead atoms. The highest BCUT2D eigenvalue weighted by atomic mass is 16.7. The van der Waals surface area contributed by atoms with Crippen molar-refractivity contribution in [2.75, 3.05) is 6.79 Å². The molecule has 0 radical (unpaired) electrons. The Morgan fingerprint density at radius 2 is 1.61 bits per heavy atom. The molecule has 23 heavy (non-hydrogen) atoms. The molecule has 0 aromatic heterocycles. The highest BCUT2D eigenvalue weighted by molar-refractivity contribution is 6.06. The molecular formula is C17H14O6. The van der Waals surface area contributed by atoms with E-state index in [4.69, 9.17) is 4.74 Å². The summed E-state index contributed by atoms with van der Waals surface area (Å²) in [6.45, 7) is 4.23. The van der Waals surface area contributed by atoms with Crippen LogP contribution in [0.4, 0.5) is 0 Å². The summed E-state index contributed by atoms with van der Waals surface area (Å²) in [7, 11) is 0. The Kier molecular flexibility index (Phi) is 4.75. The van der Waals surface area contributed by atoms with Crippen molar-refractivity contribution >= 4 is 28.7 Å². The molecule has 0 saturated heterocycles. The van der Waals surface area contributed by atoms with Gasteiger partial charge in [-0.2, -0.15) is 0 Å². The predicted molar refractivity (Wildman–Crippen MR) is 82.1 cm³/mol. The molecule has 0 amide bonds. The van der Waals surface area contributed by atoms with Crippen molar-refractivity contribution in [1.82, 2.24) is 0 Å². The van der Waals surface area contributed by atoms with Crippen molar-refractivity contribution in [3.05, 3.63) is 59.7 Å². The molecule has 6 heteroatoms. The van der Waals surface area contributed by atoms with Gasteiger partial charge in [-0.25, -0.2) is 14.4 Å². The second kappa shape index (κ2) is 6.74. The van der Waals surface area contributed by atoms with Crippen LogP contribution in [-0.2, 0) is 14.3 Å². The number of esters is 2. The van der Waals surface area contributed by atoms with Crippen LogP contribution in [0.3, 0.4) is 0 Å². The van der Waals surface area contributed by atoms with Crippen molar-refractivity contribution in [1.29, 1.82) is 0 Å². The number of carbonyl (C=O) groups excluding carboxylic acids is 2. The molecule has 2 rings (SSSR count). The van der Waals surface area contributed by atoms with Crippen LogP contribution in [0, 0.1) is 0 Å². The van der Waals surface area contributed by atoms with Crippen LogP contribution in [0.5, 0.6) is 0 Å². The molecule has 2 aromatic rings. The Bertz CT molecular complexity index is 806. The van der Waals surface area contributed by atoms with Crippen molar-refractivity contribution < 1.29 is 29.0 Å². The van der Waals surface area contributed by atoms with Crippen molar-refractivity contribution in [2.24, 2.45) is 0 Å². The number of hydrogen-bond acceptors (Lipinski definition) is 5. The van der Waals surface area contributed by atoms with Gasteiger partial charge in [0.1, 0.15) is 0 Å². The van der Waals surface area contributed by atoms with E-state index in [9.17, 15) is 19.5 Å². The minimum Gasteiger partial charge on any atom is -0.478 e. The fourth-order valence-electron chi connectivity index (χ4n) is 1.92. The first-order valence-electron chi connectivity index (χ1n) is 6.66. The Balaban J connectivity index is 2.24. The zero-order valence-corrected chi connectivity index (χ0v) is 12.4. The van der Waals surface area contributed by atoms with Crippen LogP contribution in [0.1, 0.15) is 27.6 Å². The van der Waals surface area contributed by atoms with Gasteiger partial charge in [0.25, 0.3) is 0 Å². The number of carboxylic acid groups (broad SMARTS) is 1. The number of rotatable bonds is 5. The molecule has 0 aliphatic rings. The average molecular weight is 314 g/mol. The monoisotopic (exact) mass is 314 g/mol. The minimum atomic E-state index is -1.25. The fraction of sp³-hybridized carbons (Fsp3) is 0.118. The number of aromatic carboxylic acids is 1. The number of carboxylic acids is 1. The number of carbonyl (C=O) groups is 3. The SMILES string of the molecule is C=C(C)C(=O)OCOC(=O)c1cc2ccccc2cc1C(=O)O. The lowest BCUT2D eigenvalue weighted by atomic mass is 10.0. The van der Waals surface area contributed by atoms with Gasteiger partial charge >= 0.3 is 17.9 Å². The molecule has 0 spiro atoms. The highest BCUT2D eigenvalue weighted by Crippen LogP contribution is 2.21. The van der Waals surface area contributed by atoms with E-state index in [1.54, 1.807) is 24.3 Å². The smallest absolute Gasteiger partial charge is 0.341 e. The van der Waals surface area contributed by atoms with Gasteiger partial charge in [-0.3, -0.25) is 0 Å². The predicted octanol–water partition coefficient (Wildman–Crippen LogP) is 2.77. The molecule has 0 aliphatic heterocycles. The maximum absolute atomic E-state index is 12.1. The van der Waals surface area contributed by atoms with Crippen molar-refractivity contribution in [3.63, 3.8) is 0 Å². The van der Waals surface area contributed by atoms with Crippen LogP contribution in [0.2, 0.25) is 0 Å². The van der Waals surface area contributed by atoms with Crippen molar-refractivity contribution in [3.8, 4) is 0 Å². The standard InChI is InChI=1S/C17H14O6/c1-10(2)16(20)22-9-23-17(21)14-8-12-6-4-3-5-11(12)7-13(14)15(18)19/h3-8H,1,9H2,2H3,(H,18,19). The van der Waals surface area contributed by atoms with E-state index >= 15 is 0 Å². The Morgan fingerprint density at radius 1 is 1.04 bits per heavy atom. The van der Waals surface area contributed by atoms with Crippen LogP contribution < -0.4 is 0 Å². The summed E-state index contributed by atoms with van der Waals surface area (Å²) < 4.78 is 9.46. The zero-order valence-electron chi connectivity index (χ0n) is 12.4. The van der Waals surface area contributed by atoms with Gasteiger partial charge in [0.15, 0.2) is 0 Å². The average Bonchev–Trinajstić information content (AvgIpc) is 2.53. The normalized spacial score (nSPS) is 10.1. The number of ether oxygens (including phenoxy) is 2. The lowest BCUT2D eigenvalue weighted by molar-refractivity contribution is -0.147. The van der Waals surface area contributed by atoms with Gasteiger partial charge < -0.3 is 14.6 Å². The Labute approximate surface area is 131 Å². The summed E-state index contributed by atoms with van der Waals surface area (Å²) in [6, 6.07) is 9.86. The van der Waals surface area contributed by atoms with E-state index in [-0.39, 0.29) is 16.7 Å². The maximum Gasteiger partial charge on any atom is 0.341 e. The molecule has 0 atom stereocenters. The first kappa shape index (κ1) is 16.2. The van der Waals surface area contributed by atoms with Gasteiger partial charge in [-0.05, 0) is 29.8 Å². The Hall–Kier alpha value is -3.15. The zero-order chi connectivity index (χ0) is 17.0. The van der Waals surface area contributed by atoms with Gasteiger partial charge in [0, 0.05) is 5.57 Å². The van der Waals surface area contributed by atoms with Crippen LogP contribution in [-0.4, -0.2) is 29.8 Å². The number of hydrogen-bond donors (Lipinski definition) is 1. The molecular weight excluding hydrogens is 300 g/mol. The summed E-state index contributed by atoms with van der Waals surface area (Å²) >= 11 is 0. The van der Waals surface area contributed by atoms with Crippen molar-refractivity contribution in [2.45, 2.75) is 6.92 Å². The minimum absolute atomic E-state index is 0.109. The van der Waals surface area contributed by atoms with E-state index in [1.807, 2.05) is 0 Å². The first-order valence-corrected chi connectivity index (χ1v) is 6.66. The molecule has 0 saturated carbocycles. The van der Waals surface area contributed by atoms with E-state index in [0.29, 0.717) is 10.8 Å². The second-order valence-electron chi connectivity index (χ2n) is 4.81. The summed E-state index contributed by atoms with van der Waals surface area (Å²) in [5.74, 6) is -2.83. The molecule has 0 heterocycles. The van der Waals surface area contributed by atoms with Crippen LogP contribution in [0.25, 0.3) is 10.8 Å². The van der Waals surface area contributed by atoms with Gasteiger partial charge in [-0.1, -0.05) is 30.8 Å². The number of fused-ring (bicyclic) bond motifs is 1. The summed E-state index contributed by atoms with van der Waals surface area (Å²) in [6.07, 6.45) is 0.